The second kappa shape index (κ2) is 33.3. The lowest BCUT2D eigenvalue weighted by Crippen LogP contribution is -2.46. The van der Waals surface area contributed by atoms with E-state index in [4.69, 9.17) is 25.0 Å². The summed E-state index contributed by atoms with van der Waals surface area (Å²) in [4.78, 5) is 104. The number of hydrogen-bond donors (Lipinski definition) is 11. The van der Waals surface area contributed by atoms with Gasteiger partial charge in [-0.25, -0.2) is 28.6 Å². The van der Waals surface area contributed by atoms with Crippen molar-refractivity contribution in [3.05, 3.63) is 59.0 Å². The Balaban J connectivity index is 0.982. The number of phosphoric ester groups is 3. The highest BCUT2D eigenvalue weighted by atomic mass is 32.2. The zero-order valence-electron chi connectivity index (χ0n) is 44.3. The molecular formula is C46H72N11O19P3S. The van der Waals surface area contributed by atoms with Crippen LogP contribution in [0.2, 0.25) is 0 Å². The molecule has 0 saturated carbocycles. The number of nitrogen functional groups attached to an aromatic ring is 1. The van der Waals surface area contributed by atoms with E-state index in [0.29, 0.717) is 18.7 Å². The molecule has 80 heavy (non-hydrogen) atoms. The third-order valence-corrected chi connectivity index (χ3v) is 16.2. The molecule has 1 saturated heterocycles. The number of amides is 3. The predicted molar refractivity (Wildman–Crippen MR) is 290 cm³/mol. The Bertz CT molecular complexity index is 2750. The molecule has 12 N–H and O–H groups in total. The first-order valence-electron chi connectivity index (χ1n) is 25.7. The van der Waals surface area contributed by atoms with Crippen LogP contribution in [-0.2, 0) is 50.7 Å². The van der Waals surface area contributed by atoms with Gasteiger partial charge in [-0.05, 0) is 56.2 Å². The van der Waals surface area contributed by atoms with E-state index >= 15 is 0 Å². The van der Waals surface area contributed by atoms with Crippen LogP contribution in [0.1, 0.15) is 127 Å². The van der Waals surface area contributed by atoms with Crippen molar-refractivity contribution in [2.75, 3.05) is 44.3 Å². The van der Waals surface area contributed by atoms with Gasteiger partial charge in [0.1, 0.15) is 42.0 Å². The van der Waals surface area contributed by atoms with E-state index in [-0.39, 0.29) is 64.5 Å². The fraction of sp³-hybridized carbons (Fsp3) is 0.630. The second-order valence-corrected chi connectivity index (χ2v) is 24.5. The molecule has 30 nitrogen and oxygen atoms in total. The van der Waals surface area contributed by atoms with Gasteiger partial charge in [0.05, 0.1) is 25.1 Å². The SMILES string of the molecule is CC(C)(COP(=O)(O)OP(=O)(O)OC[C@H]1O[C@@H](n2cnc3c(N)ncnc32)[C@H](O)[C@@H]1OP(=O)(O)O)[C@@H](O)C(=O)NCCC(=O)NCCSC(=O)CCCCCCC/C=C\CCCCCCCCNC(=O)c1ccc(N=[N+]=[N-])cc1O. The summed E-state index contributed by atoms with van der Waals surface area (Å²) in [5, 5.41) is 42.9. The summed E-state index contributed by atoms with van der Waals surface area (Å²) in [6.07, 6.45) is 11.2. The van der Waals surface area contributed by atoms with Crippen LogP contribution in [0.5, 0.6) is 5.75 Å². The number of hydrogen-bond acceptors (Lipinski definition) is 21. The smallest absolute Gasteiger partial charge is 0.481 e. The fourth-order valence-electron chi connectivity index (χ4n) is 7.88. The first kappa shape index (κ1) is 67.6. The van der Waals surface area contributed by atoms with Crippen LogP contribution < -0.4 is 21.7 Å². The summed E-state index contributed by atoms with van der Waals surface area (Å²) in [5.74, 6) is -1.72. The summed E-state index contributed by atoms with van der Waals surface area (Å²) in [6.45, 7) is 0.980. The minimum Gasteiger partial charge on any atom is -0.507 e. The monoisotopic (exact) mass is 1210 g/mol. The van der Waals surface area contributed by atoms with E-state index in [0.717, 1.165) is 112 Å². The molecule has 7 atom stereocenters. The minimum absolute atomic E-state index is 0.0247. The quantitative estimate of drug-likeness (QED) is 0.00811. The van der Waals surface area contributed by atoms with Crippen molar-refractivity contribution >= 4 is 80.7 Å². The number of aromatic hydroxyl groups is 1. The molecule has 4 rings (SSSR count). The number of fused-ring (bicyclic) bond motifs is 1. The number of aromatic nitrogens is 4. The number of aliphatic hydroxyl groups excluding tert-OH is 2. The van der Waals surface area contributed by atoms with Crippen LogP contribution in [0.3, 0.4) is 0 Å². The van der Waals surface area contributed by atoms with Gasteiger partial charge < -0.3 is 61.3 Å². The molecule has 0 aliphatic carbocycles. The van der Waals surface area contributed by atoms with Crippen LogP contribution in [0.4, 0.5) is 11.5 Å². The van der Waals surface area contributed by atoms with E-state index in [1.165, 1.54) is 32.0 Å². The number of nitrogens with zero attached hydrogens (tertiary/aromatic N) is 7. The number of allylic oxidation sites excluding steroid dienone is 2. The molecule has 3 aromatic rings. The Labute approximate surface area is 465 Å². The van der Waals surface area contributed by atoms with E-state index < -0.39 is 84.6 Å². The van der Waals surface area contributed by atoms with Gasteiger partial charge in [-0.2, -0.15) is 4.31 Å². The largest absolute Gasteiger partial charge is 0.507 e. The van der Waals surface area contributed by atoms with Gasteiger partial charge in [0, 0.05) is 54.2 Å². The van der Waals surface area contributed by atoms with Gasteiger partial charge in [0.2, 0.25) is 11.8 Å². The van der Waals surface area contributed by atoms with Crippen LogP contribution in [0, 0.1) is 5.41 Å². The predicted octanol–water partition coefficient (Wildman–Crippen LogP) is 5.76. The molecule has 1 aromatic carbocycles. The topological polar surface area (TPSA) is 462 Å². The van der Waals surface area contributed by atoms with Crippen molar-refractivity contribution in [1.82, 2.24) is 35.5 Å². The number of phenols is 1. The molecule has 3 amide bonds. The Hall–Kier alpha value is -4.90. The normalized spacial score (nSPS) is 18.6. The van der Waals surface area contributed by atoms with E-state index in [1.54, 1.807) is 0 Å². The van der Waals surface area contributed by atoms with Crippen LogP contribution in [0.15, 0.2) is 48.1 Å². The molecule has 1 aliphatic rings. The molecule has 1 aliphatic heterocycles. The summed E-state index contributed by atoms with van der Waals surface area (Å²) in [5.41, 5.74) is 13.1. The van der Waals surface area contributed by atoms with Crippen LogP contribution >= 0.6 is 35.2 Å². The number of imidazole rings is 1. The molecule has 2 unspecified atom stereocenters. The number of aliphatic hydroxyl groups is 2. The maximum Gasteiger partial charge on any atom is 0.481 e. The fourth-order valence-corrected chi connectivity index (χ4v) is 11.4. The molecule has 3 heterocycles. The zero-order chi connectivity index (χ0) is 58.9. The summed E-state index contributed by atoms with van der Waals surface area (Å²) in [6, 6.07) is 4.15. The number of nitrogens with one attached hydrogen (secondary N) is 3. The van der Waals surface area contributed by atoms with E-state index in [1.807, 2.05) is 0 Å². The molecule has 2 aromatic heterocycles. The number of anilines is 1. The average molecular weight is 1210 g/mol. The van der Waals surface area contributed by atoms with Gasteiger partial charge in [0.15, 0.2) is 22.8 Å². The van der Waals surface area contributed by atoms with Crippen LogP contribution in [0.25, 0.3) is 21.6 Å². The Morgan fingerprint density at radius 1 is 0.887 bits per heavy atom. The lowest BCUT2D eigenvalue weighted by Gasteiger charge is -2.30. The first-order valence-corrected chi connectivity index (χ1v) is 31.2. The van der Waals surface area contributed by atoms with Crippen LogP contribution in [-0.4, -0.2) is 140 Å². The number of rotatable bonds is 38. The average Bonchev–Trinajstić information content (AvgIpc) is 3.98. The number of benzene rings is 1. The third kappa shape index (κ3) is 23.9. The number of phosphoric acid groups is 3. The van der Waals surface area contributed by atoms with Crippen molar-refractivity contribution in [3.63, 3.8) is 0 Å². The van der Waals surface area contributed by atoms with E-state index in [2.05, 4.69) is 61.9 Å². The molecular weight excluding hydrogens is 1140 g/mol. The van der Waals surface area contributed by atoms with E-state index in [9.17, 15) is 67.8 Å². The summed E-state index contributed by atoms with van der Waals surface area (Å²) < 4.78 is 62.5. The Kier molecular flexibility index (Phi) is 28.1. The number of azide groups is 1. The van der Waals surface area contributed by atoms with Crippen molar-refractivity contribution in [2.24, 2.45) is 10.5 Å². The number of thioether (sulfide) groups is 1. The zero-order valence-corrected chi connectivity index (χ0v) is 47.8. The third-order valence-electron chi connectivity index (χ3n) is 12.2. The second-order valence-electron chi connectivity index (χ2n) is 19.1. The van der Waals surface area contributed by atoms with Gasteiger partial charge >= 0.3 is 23.5 Å². The Morgan fingerprint density at radius 2 is 1.54 bits per heavy atom. The number of nitrogens with two attached hydrogens (primary N) is 1. The summed E-state index contributed by atoms with van der Waals surface area (Å²) >= 11 is 1.12. The molecule has 0 radical (unpaired) electrons. The summed E-state index contributed by atoms with van der Waals surface area (Å²) in [7, 11) is -16.5. The number of ether oxygens (including phenoxy) is 1. The standard InChI is InChI=1S/C46H72N11O19P3S/c1-46(2,28-73-79(70,71)76-78(68,69)72-27-34-39(75-77(65,66)67)38(61)45(74-34)57-30-54-37-41(47)52-29-53-42(37)57)40(62)44(64)51-23-21-35(59)49-24-25-80-36(60)18-16-14-12-10-8-6-4-3-5-7-9-11-13-15-17-22-50-43(63)32-20-19-31(55-56-48)26-33(32)58/h3-4,19-20,26,29-30,34,38-40,45,58,61-62H,5-18,21-25,27-28H2,1-2H3,(H,49,59)(H,50,63)(H,51,64)(H,68,69)(H,70,71)(H2,47,52,53)(H2,65,66,67)/b4-3-/t34-,38-,39-,40+,45-/m1/s1. The van der Waals surface area contributed by atoms with Gasteiger partial charge in [-0.3, -0.25) is 37.3 Å². The number of unbranched alkanes of at least 4 members (excludes halogenated alkanes) is 11. The molecule has 0 bridgehead atoms. The highest BCUT2D eigenvalue weighted by Gasteiger charge is 2.50. The van der Waals surface area contributed by atoms with Gasteiger partial charge in [-0.1, -0.05) is 93.9 Å². The first-order chi connectivity index (χ1) is 37.8. The number of carbonyl (C=O) groups excluding carboxylic acids is 4. The number of carbonyl (C=O) groups is 4. The highest BCUT2D eigenvalue weighted by Crippen LogP contribution is 2.61. The van der Waals surface area contributed by atoms with Crippen molar-refractivity contribution in [3.8, 4) is 5.75 Å². The maximum atomic E-state index is 12.8. The number of phenolic OH excluding ortho intramolecular Hbond substituents is 1. The molecule has 1 fully saturated rings. The van der Waals surface area contributed by atoms with Crippen molar-refractivity contribution in [1.29, 1.82) is 0 Å². The van der Waals surface area contributed by atoms with Gasteiger partial charge in [-0.15, -0.1) is 0 Å². The Morgan fingerprint density at radius 3 is 2.20 bits per heavy atom. The highest BCUT2D eigenvalue weighted by molar-refractivity contribution is 8.13. The van der Waals surface area contributed by atoms with Crippen molar-refractivity contribution in [2.45, 2.75) is 141 Å². The molecule has 0 spiro atoms. The maximum absolute atomic E-state index is 12.8. The lowest BCUT2D eigenvalue weighted by molar-refractivity contribution is -0.137. The molecule has 34 heteroatoms. The molecule has 446 valence electrons. The van der Waals surface area contributed by atoms with Gasteiger partial charge in [0.25, 0.3) is 5.91 Å². The van der Waals surface area contributed by atoms with Crippen molar-refractivity contribution < 1.29 is 90.4 Å². The lowest BCUT2D eigenvalue weighted by atomic mass is 9.87. The minimum atomic E-state index is -5.59.